The lowest BCUT2D eigenvalue weighted by atomic mass is 10.1. The number of amides is 1. The van der Waals surface area contributed by atoms with Crippen molar-refractivity contribution in [3.8, 4) is 16.5 Å². The number of carbonyl (C=O) groups excluding carboxylic acids is 1. The Balaban J connectivity index is 1.40. The highest BCUT2D eigenvalue weighted by Gasteiger charge is 2.21. The van der Waals surface area contributed by atoms with Crippen molar-refractivity contribution in [2.75, 3.05) is 7.05 Å². The van der Waals surface area contributed by atoms with Crippen LogP contribution in [0.4, 0.5) is 0 Å². The van der Waals surface area contributed by atoms with Crippen LogP contribution in [0.25, 0.3) is 21.5 Å². The Morgan fingerprint density at radius 2 is 2.00 bits per heavy atom. The molecule has 7 heteroatoms. The summed E-state index contributed by atoms with van der Waals surface area (Å²) in [6, 6.07) is 17.7. The van der Waals surface area contributed by atoms with E-state index in [-0.39, 0.29) is 12.5 Å². The first kappa shape index (κ1) is 18.2. The number of nitrogens with zero attached hydrogens (tertiary/aromatic N) is 3. The van der Waals surface area contributed by atoms with E-state index < -0.39 is 6.10 Å². The summed E-state index contributed by atoms with van der Waals surface area (Å²) in [5, 5.41) is 8.12. The van der Waals surface area contributed by atoms with Crippen LogP contribution in [0.2, 0.25) is 0 Å². The van der Waals surface area contributed by atoms with Gasteiger partial charge in [-0.2, -0.15) is 4.98 Å². The standard InChI is InChI=1S/C21H19N3O3S/c1-14(26-17-10-9-15-6-3-4-7-16(15)12-17)21(25)24(2)13-19-22-20(23-27-19)18-8-5-11-28-18/h3-12,14H,13H2,1-2H3/t14-/m1/s1. The van der Waals surface area contributed by atoms with Crippen molar-refractivity contribution in [2.24, 2.45) is 0 Å². The van der Waals surface area contributed by atoms with Crippen LogP contribution in [0, 0.1) is 0 Å². The van der Waals surface area contributed by atoms with Crippen molar-refractivity contribution in [3.05, 3.63) is 65.9 Å². The van der Waals surface area contributed by atoms with Crippen LogP contribution in [-0.2, 0) is 11.3 Å². The van der Waals surface area contributed by atoms with Crippen LogP contribution in [0.3, 0.4) is 0 Å². The van der Waals surface area contributed by atoms with E-state index in [0.29, 0.717) is 17.5 Å². The lowest BCUT2D eigenvalue weighted by Gasteiger charge is -2.21. The van der Waals surface area contributed by atoms with Crippen LogP contribution < -0.4 is 4.74 Å². The fraction of sp³-hybridized carbons (Fsp3) is 0.190. The summed E-state index contributed by atoms with van der Waals surface area (Å²) in [6.07, 6.45) is -0.633. The van der Waals surface area contributed by atoms with Gasteiger partial charge in [-0.1, -0.05) is 41.6 Å². The summed E-state index contributed by atoms with van der Waals surface area (Å²) in [4.78, 5) is 19.5. The van der Waals surface area contributed by atoms with E-state index in [2.05, 4.69) is 10.1 Å². The average Bonchev–Trinajstić information content (AvgIpc) is 3.39. The molecule has 0 N–H and O–H groups in total. The van der Waals surface area contributed by atoms with Crippen LogP contribution in [-0.4, -0.2) is 34.1 Å². The van der Waals surface area contributed by atoms with Crippen molar-refractivity contribution < 1.29 is 14.1 Å². The van der Waals surface area contributed by atoms with Crippen molar-refractivity contribution >= 4 is 28.0 Å². The van der Waals surface area contributed by atoms with Gasteiger partial charge in [0.1, 0.15) is 5.75 Å². The highest BCUT2D eigenvalue weighted by molar-refractivity contribution is 7.13. The van der Waals surface area contributed by atoms with Gasteiger partial charge >= 0.3 is 0 Å². The largest absolute Gasteiger partial charge is 0.481 e. The molecule has 4 rings (SSSR count). The molecule has 0 aliphatic heterocycles. The van der Waals surface area contributed by atoms with Gasteiger partial charge in [-0.15, -0.1) is 11.3 Å². The maximum Gasteiger partial charge on any atom is 0.263 e. The Morgan fingerprint density at radius 1 is 1.18 bits per heavy atom. The van der Waals surface area contributed by atoms with Gasteiger partial charge < -0.3 is 14.2 Å². The minimum Gasteiger partial charge on any atom is -0.481 e. The second-order valence-electron chi connectivity index (χ2n) is 6.45. The summed E-state index contributed by atoms with van der Waals surface area (Å²) >= 11 is 1.54. The fourth-order valence-corrected chi connectivity index (χ4v) is 3.56. The number of aromatic nitrogens is 2. The molecule has 0 saturated carbocycles. The van der Waals surface area contributed by atoms with E-state index in [1.807, 2.05) is 60.0 Å². The molecule has 0 aliphatic rings. The van der Waals surface area contributed by atoms with Gasteiger partial charge in [0.15, 0.2) is 6.10 Å². The zero-order valence-corrected chi connectivity index (χ0v) is 16.3. The highest BCUT2D eigenvalue weighted by atomic mass is 32.1. The fourth-order valence-electron chi connectivity index (χ4n) is 2.91. The van der Waals surface area contributed by atoms with E-state index in [1.165, 1.54) is 16.2 Å². The summed E-state index contributed by atoms with van der Waals surface area (Å²) in [7, 11) is 1.69. The Morgan fingerprint density at radius 3 is 2.79 bits per heavy atom. The maximum absolute atomic E-state index is 12.7. The van der Waals surface area contributed by atoms with E-state index in [1.54, 1.807) is 14.0 Å². The molecule has 1 amide bonds. The predicted octanol–water partition coefficient (Wildman–Crippen LogP) is 4.38. The Labute approximate surface area is 166 Å². The number of benzene rings is 2. The zero-order valence-electron chi connectivity index (χ0n) is 15.5. The second-order valence-corrected chi connectivity index (χ2v) is 7.40. The van der Waals surface area contributed by atoms with Gasteiger partial charge in [-0.3, -0.25) is 4.79 Å². The molecule has 2 aromatic carbocycles. The number of hydrogen-bond donors (Lipinski definition) is 0. The van der Waals surface area contributed by atoms with Crippen molar-refractivity contribution in [1.29, 1.82) is 0 Å². The lowest BCUT2D eigenvalue weighted by Crippen LogP contribution is -2.37. The lowest BCUT2D eigenvalue weighted by molar-refractivity contribution is -0.137. The minimum absolute atomic E-state index is 0.163. The Kier molecular flexibility index (Phi) is 5.08. The molecule has 1 atom stereocenters. The molecule has 4 aromatic rings. The highest BCUT2D eigenvalue weighted by Crippen LogP contribution is 2.23. The van der Waals surface area contributed by atoms with Crippen molar-refractivity contribution in [3.63, 3.8) is 0 Å². The van der Waals surface area contributed by atoms with Crippen LogP contribution >= 0.6 is 11.3 Å². The van der Waals surface area contributed by atoms with E-state index >= 15 is 0 Å². The SMILES string of the molecule is C[C@@H](Oc1ccc2ccccc2c1)C(=O)N(C)Cc1nc(-c2cccs2)no1. The number of likely N-dealkylation sites (N-methyl/N-ethyl adjacent to an activating group) is 1. The molecule has 0 bridgehead atoms. The molecule has 0 fully saturated rings. The summed E-state index contributed by atoms with van der Waals surface area (Å²) in [5.41, 5.74) is 0. The van der Waals surface area contributed by atoms with Gasteiger partial charge in [-0.25, -0.2) is 0 Å². The monoisotopic (exact) mass is 393 g/mol. The van der Waals surface area contributed by atoms with E-state index in [0.717, 1.165) is 15.6 Å². The molecule has 0 unspecified atom stereocenters. The average molecular weight is 393 g/mol. The number of fused-ring (bicyclic) bond motifs is 1. The molecule has 6 nitrogen and oxygen atoms in total. The normalized spacial score (nSPS) is 12.1. The van der Waals surface area contributed by atoms with Gasteiger partial charge in [0.05, 0.1) is 11.4 Å². The molecule has 2 heterocycles. The van der Waals surface area contributed by atoms with Gasteiger partial charge in [0, 0.05) is 7.05 Å². The summed E-state index contributed by atoms with van der Waals surface area (Å²) in [5.74, 6) is 1.42. The first-order chi connectivity index (χ1) is 13.6. The third-order valence-electron chi connectivity index (χ3n) is 4.34. The third-order valence-corrected chi connectivity index (χ3v) is 5.21. The minimum atomic E-state index is -0.633. The van der Waals surface area contributed by atoms with Gasteiger partial charge in [0.25, 0.3) is 5.91 Å². The van der Waals surface area contributed by atoms with Crippen molar-refractivity contribution in [2.45, 2.75) is 19.6 Å². The molecule has 0 saturated heterocycles. The molecule has 28 heavy (non-hydrogen) atoms. The van der Waals surface area contributed by atoms with Gasteiger partial charge in [0.2, 0.25) is 11.7 Å². The van der Waals surface area contributed by atoms with E-state index in [4.69, 9.17) is 9.26 Å². The van der Waals surface area contributed by atoms with Crippen LogP contribution in [0.15, 0.2) is 64.5 Å². The van der Waals surface area contributed by atoms with Crippen LogP contribution in [0.1, 0.15) is 12.8 Å². The number of rotatable bonds is 6. The predicted molar refractivity (Wildman–Crippen MR) is 108 cm³/mol. The van der Waals surface area contributed by atoms with Crippen molar-refractivity contribution in [1.82, 2.24) is 15.0 Å². The first-order valence-corrected chi connectivity index (χ1v) is 9.75. The molecular formula is C21H19N3O3S. The van der Waals surface area contributed by atoms with Crippen LogP contribution in [0.5, 0.6) is 5.75 Å². The zero-order chi connectivity index (χ0) is 19.5. The number of hydrogen-bond acceptors (Lipinski definition) is 6. The molecule has 0 spiro atoms. The molecule has 0 radical (unpaired) electrons. The quantitative estimate of drug-likeness (QED) is 0.486. The molecule has 0 aliphatic carbocycles. The molecular weight excluding hydrogens is 374 g/mol. The van der Waals surface area contributed by atoms with E-state index in [9.17, 15) is 4.79 Å². The Bertz CT molecular complexity index is 1090. The number of ether oxygens (including phenoxy) is 1. The first-order valence-electron chi connectivity index (χ1n) is 8.87. The topological polar surface area (TPSA) is 68.5 Å². The smallest absolute Gasteiger partial charge is 0.263 e. The number of thiophene rings is 1. The maximum atomic E-state index is 12.7. The molecule has 2 aromatic heterocycles. The van der Waals surface area contributed by atoms with Gasteiger partial charge in [-0.05, 0) is 41.3 Å². The summed E-state index contributed by atoms with van der Waals surface area (Å²) < 4.78 is 11.1. The Hall–Kier alpha value is -3.19. The second kappa shape index (κ2) is 7.82. The summed E-state index contributed by atoms with van der Waals surface area (Å²) in [6.45, 7) is 1.96. The number of carbonyl (C=O) groups is 1. The third kappa shape index (κ3) is 3.89. The molecule has 142 valence electrons.